The first-order valence-electron chi connectivity index (χ1n) is 8.45. The van der Waals surface area contributed by atoms with Gasteiger partial charge >= 0.3 is 0 Å². The third-order valence-electron chi connectivity index (χ3n) is 5.33. The van der Waals surface area contributed by atoms with Crippen molar-refractivity contribution in [2.24, 2.45) is 17.8 Å². The van der Waals surface area contributed by atoms with Gasteiger partial charge in [0.2, 0.25) is 0 Å². The van der Waals surface area contributed by atoms with Crippen molar-refractivity contribution >= 4 is 0 Å². The molecule has 3 heteroatoms. The maximum Gasteiger partial charge on any atom is 0.0753 e. The summed E-state index contributed by atoms with van der Waals surface area (Å²) in [5, 5.41) is 3.57. The van der Waals surface area contributed by atoms with Crippen LogP contribution in [0.3, 0.4) is 0 Å². The highest BCUT2D eigenvalue weighted by Gasteiger charge is 2.34. The van der Waals surface area contributed by atoms with Crippen molar-refractivity contribution < 1.29 is 4.74 Å². The largest absolute Gasteiger partial charge is 0.373 e. The van der Waals surface area contributed by atoms with Gasteiger partial charge in [0.25, 0.3) is 0 Å². The third kappa shape index (κ3) is 4.19. The zero-order valence-corrected chi connectivity index (χ0v) is 14.1. The lowest BCUT2D eigenvalue weighted by atomic mass is 9.73. The fraction of sp³-hybridized carbons (Fsp3) is 1.00. The van der Waals surface area contributed by atoms with Crippen molar-refractivity contribution in [3.63, 3.8) is 0 Å². The van der Waals surface area contributed by atoms with Crippen LogP contribution in [-0.4, -0.2) is 49.8 Å². The fourth-order valence-corrected chi connectivity index (χ4v) is 4.09. The van der Waals surface area contributed by atoms with E-state index in [1.54, 1.807) is 0 Å². The van der Waals surface area contributed by atoms with Crippen LogP contribution in [0, 0.1) is 17.8 Å². The van der Waals surface area contributed by atoms with Crippen molar-refractivity contribution in [3.8, 4) is 0 Å². The highest BCUT2D eigenvalue weighted by atomic mass is 16.5. The van der Waals surface area contributed by atoms with Gasteiger partial charge in [0.1, 0.15) is 0 Å². The standard InChI is InChI=1S/C17H34N2O/c1-13(2)14-6-7-16(18-5)15(10-14)11-19-8-9-20-17(3,4)12-19/h13-16,18H,6-12H2,1-5H3. The first-order chi connectivity index (χ1) is 9.41. The van der Waals surface area contributed by atoms with Crippen molar-refractivity contribution in [2.75, 3.05) is 33.3 Å². The maximum absolute atomic E-state index is 5.84. The second-order valence-electron chi connectivity index (χ2n) is 7.82. The van der Waals surface area contributed by atoms with Crippen molar-refractivity contribution in [1.29, 1.82) is 0 Å². The van der Waals surface area contributed by atoms with Crippen molar-refractivity contribution in [3.05, 3.63) is 0 Å². The molecule has 3 unspecified atom stereocenters. The second kappa shape index (κ2) is 6.76. The molecule has 2 fully saturated rings. The molecular formula is C17H34N2O. The molecule has 2 rings (SSSR count). The summed E-state index contributed by atoms with van der Waals surface area (Å²) >= 11 is 0. The summed E-state index contributed by atoms with van der Waals surface area (Å²) in [7, 11) is 2.14. The maximum atomic E-state index is 5.84. The van der Waals surface area contributed by atoms with Crippen molar-refractivity contribution in [1.82, 2.24) is 10.2 Å². The van der Waals surface area contributed by atoms with Gasteiger partial charge in [0.05, 0.1) is 12.2 Å². The Hall–Kier alpha value is -0.120. The third-order valence-corrected chi connectivity index (χ3v) is 5.33. The molecular weight excluding hydrogens is 248 g/mol. The number of morpholine rings is 1. The van der Waals surface area contributed by atoms with Gasteiger partial charge in [0, 0.05) is 25.7 Å². The first-order valence-corrected chi connectivity index (χ1v) is 8.45. The Morgan fingerprint density at radius 1 is 1.30 bits per heavy atom. The number of hydrogen-bond donors (Lipinski definition) is 1. The molecule has 0 aromatic rings. The van der Waals surface area contributed by atoms with Gasteiger partial charge in [-0.15, -0.1) is 0 Å². The summed E-state index contributed by atoms with van der Waals surface area (Å²) in [6.45, 7) is 13.5. The molecule has 118 valence electrons. The molecule has 0 aromatic heterocycles. The first kappa shape index (κ1) is 16.3. The van der Waals surface area contributed by atoms with Crippen LogP contribution < -0.4 is 5.32 Å². The van der Waals surface area contributed by atoms with Gasteiger partial charge in [-0.3, -0.25) is 4.90 Å². The second-order valence-corrected chi connectivity index (χ2v) is 7.82. The minimum absolute atomic E-state index is 0.0273. The van der Waals surface area contributed by atoms with Crippen LogP contribution in [0.1, 0.15) is 47.0 Å². The molecule has 0 radical (unpaired) electrons. The monoisotopic (exact) mass is 282 g/mol. The lowest BCUT2D eigenvalue weighted by Crippen LogP contribution is -2.52. The molecule has 1 saturated carbocycles. The minimum Gasteiger partial charge on any atom is -0.373 e. The topological polar surface area (TPSA) is 24.5 Å². The Morgan fingerprint density at radius 2 is 2.05 bits per heavy atom. The molecule has 1 saturated heterocycles. The van der Waals surface area contributed by atoms with E-state index < -0.39 is 0 Å². The molecule has 3 nitrogen and oxygen atoms in total. The van der Waals surface area contributed by atoms with Gasteiger partial charge in [-0.1, -0.05) is 13.8 Å². The summed E-state index contributed by atoms with van der Waals surface area (Å²) in [6, 6.07) is 0.705. The average molecular weight is 282 g/mol. The lowest BCUT2D eigenvalue weighted by Gasteiger charge is -2.44. The number of rotatable bonds is 4. The van der Waals surface area contributed by atoms with E-state index in [1.165, 1.54) is 25.8 Å². The van der Waals surface area contributed by atoms with Crippen LogP contribution in [0.15, 0.2) is 0 Å². The normalized spacial score (nSPS) is 35.4. The predicted molar refractivity (Wildman–Crippen MR) is 85.0 cm³/mol. The van der Waals surface area contributed by atoms with Crippen LogP contribution in [0.25, 0.3) is 0 Å². The molecule has 1 aliphatic heterocycles. The summed E-state index contributed by atoms with van der Waals surface area (Å²) in [5.74, 6) is 2.55. The van der Waals surface area contributed by atoms with Gasteiger partial charge in [-0.25, -0.2) is 0 Å². The van der Waals surface area contributed by atoms with E-state index in [-0.39, 0.29) is 5.60 Å². The molecule has 1 aliphatic carbocycles. The molecule has 0 spiro atoms. The predicted octanol–water partition coefficient (Wildman–Crippen LogP) is 2.76. The van der Waals surface area contributed by atoms with E-state index in [4.69, 9.17) is 4.74 Å². The molecule has 3 atom stereocenters. The molecule has 2 aliphatic rings. The van der Waals surface area contributed by atoms with Crippen LogP contribution in [-0.2, 0) is 4.74 Å². The van der Waals surface area contributed by atoms with Crippen LogP contribution in [0.5, 0.6) is 0 Å². The molecule has 1 N–H and O–H groups in total. The fourth-order valence-electron chi connectivity index (χ4n) is 4.09. The quantitative estimate of drug-likeness (QED) is 0.858. The lowest BCUT2D eigenvalue weighted by molar-refractivity contribution is -0.0915. The Bertz CT molecular complexity index is 303. The Morgan fingerprint density at radius 3 is 2.65 bits per heavy atom. The molecule has 0 aromatic carbocycles. The van der Waals surface area contributed by atoms with E-state index in [1.807, 2.05) is 0 Å². The smallest absolute Gasteiger partial charge is 0.0753 e. The zero-order chi connectivity index (χ0) is 14.8. The number of hydrogen-bond acceptors (Lipinski definition) is 3. The summed E-state index contributed by atoms with van der Waals surface area (Å²) < 4.78 is 5.84. The molecule has 20 heavy (non-hydrogen) atoms. The summed E-state index contributed by atoms with van der Waals surface area (Å²) in [4.78, 5) is 2.63. The van der Waals surface area contributed by atoms with Gasteiger partial charge in [-0.05, 0) is 57.9 Å². The average Bonchev–Trinajstić information content (AvgIpc) is 2.37. The van der Waals surface area contributed by atoms with Crippen molar-refractivity contribution in [2.45, 2.75) is 58.6 Å². The zero-order valence-electron chi connectivity index (χ0n) is 14.1. The molecule has 0 amide bonds. The molecule has 0 bridgehead atoms. The van der Waals surface area contributed by atoms with E-state index >= 15 is 0 Å². The Balaban J connectivity index is 1.93. The SMILES string of the molecule is CNC1CCC(C(C)C)CC1CN1CCOC(C)(C)C1. The summed E-state index contributed by atoms with van der Waals surface area (Å²) in [6.07, 6.45) is 4.13. The van der Waals surface area contributed by atoms with Crippen LogP contribution in [0.4, 0.5) is 0 Å². The van der Waals surface area contributed by atoms with Crippen LogP contribution >= 0.6 is 0 Å². The number of nitrogens with one attached hydrogen (secondary N) is 1. The highest BCUT2D eigenvalue weighted by Crippen LogP contribution is 2.34. The van der Waals surface area contributed by atoms with E-state index in [2.05, 4.69) is 45.0 Å². The van der Waals surface area contributed by atoms with Gasteiger partial charge < -0.3 is 10.1 Å². The Labute approximate surface area is 125 Å². The van der Waals surface area contributed by atoms with E-state index in [9.17, 15) is 0 Å². The number of nitrogens with zero attached hydrogens (tertiary/aromatic N) is 1. The van der Waals surface area contributed by atoms with E-state index in [0.29, 0.717) is 6.04 Å². The Kier molecular flexibility index (Phi) is 5.49. The highest BCUT2D eigenvalue weighted by molar-refractivity contribution is 4.89. The minimum atomic E-state index is 0.0273. The van der Waals surface area contributed by atoms with Gasteiger partial charge in [-0.2, -0.15) is 0 Å². The van der Waals surface area contributed by atoms with Gasteiger partial charge in [0.15, 0.2) is 0 Å². The number of ether oxygens (including phenoxy) is 1. The molecule has 1 heterocycles. The van der Waals surface area contributed by atoms with E-state index in [0.717, 1.165) is 37.5 Å². The summed E-state index contributed by atoms with van der Waals surface area (Å²) in [5.41, 5.74) is 0.0273. The van der Waals surface area contributed by atoms with Crippen LogP contribution in [0.2, 0.25) is 0 Å².